The van der Waals surface area contributed by atoms with Gasteiger partial charge in [-0.3, -0.25) is 4.57 Å². The molecule has 0 unspecified atom stereocenters. The molecule has 5 aromatic heterocycles. The van der Waals surface area contributed by atoms with Crippen molar-refractivity contribution in [3.05, 3.63) is 164 Å². The number of aromatic nitrogens is 5. The Morgan fingerprint density at radius 2 is 0.887 bits per heavy atom. The van der Waals surface area contributed by atoms with Gasteiger partial charge < -0.3 is 8.80 Å². The van der Waals surface area contributed by atoms with Crippen LogP contribution < -0.4 is 0 Å². The highest BCUT2D eigenvalue weighted by atomic mass is 15.1. The zero-order chi connectivity index (χ0) is 34.4. The van der Waals surface area contributed by atoms with Gasteiger partial charge in [-0.2, -0.15) is 0 Å². The summed E-state index contributed by atoms with van der Waals surface area (Å²) in [5.41, 5.74) is 13.1. The smallest absolute Gasteiger partial charge is 0.165 e. The Morgan fingerprint density at radius 1 is 0.358 bits per heavy atom. The van der Waals surface area contributed by atoms with Gasteiger partial charge in [-0.05, 0) is 53.9 Å². The van der Waals surface area contributed by atoms with Gasteiger partial charge in [0.1, 0.15) is 5.69 Å². The summed E-state index contributed by atoms with van der Waals surface area (Å²) in [5, 5.41) is 9.89. The zero-order valence-corrected chi connectivity index (χ0v) is 28.3. The predicted molar refractivity (Wildman–Crippen MR) is 220 cm³/mol. The Hall–Kier alpha value is -7.24. The summed E-state index contributed by atoms with van der Waals surface area (Å²) in [7, 11) is 0. The molecule has 5 heterocycles. The van der Waals surface area contributed by atoms with Crippen molar-refractivity contribution in [1.82, 2.24) is 23.3 Å². The molecule has 0 N–H and O–H groups in total. The summed E-state index contributed by atoms with van der Waals surface area (Å²) in [5.74, 6) is 0.826. The Kier molecular flexibility index (Phi) is 5.06. The van der Waals surface area contributed by atoms with Gasteiger partial charge in [0.15, 0.2) is 5.82 Å². The van der Waals surface area contributed by atoms with E-state index in [4.69, 9.17) is 9.97 Å². The van der Waals surface area contributed by atoms with E-state index in [-0.39, 0.29) is 0 Å². The average molecular weight is 674 g/mol. The maximum atomic E-state index is 5.38. The first-order chi connectivity index (χ1) is 26.3. The fourth-order valence-corrected chi connectivity index (χ4v) is 9.33. The molecule has 0 saturated heterocycles. The molecule has 13 rings (SSSR count). The zero-order valence-electron chi connectivity index (χ0n) is 28.3. The minimum Gasteiger partial charge on any atom is -0.306 e. The van der Waals surface area contributed by atoms with E-state index in [0.717, 1.165) is 39.1 Å². The van der Waals surface area contributed by atoms with E-state index in [1.165, 1.54) is 76.2 Å². The van der Waals surface area contributed by atoms with Crippen LogP contribution in [0.2, 0.25) is 0 Å². The number of fused-ring (bicyclic) bond motifs is 13. The van der Waals surface area contributed by atoms with Gasteiger partial charge in [-0.25, -0.2) is 9.97 Å². The fraction of sp³-hybridized carbons (Fsp3) is 0. The van der Waals surface area contributed by atoms with E-state index >= 15 is 0 Å². The largest absolute Gasteiger partial charge is 0.306 e. The molecule has 0 saturated carbocycles. The second kappa shape index (κ2) is 9.75. The first kappa shape index (κ1) is 27.5. The van der Waals surface area contributed by atoms with E-state index in [1.807, 2.05) is 18.2 Å². The first-order valence-electron chi connectivity index (χ1n) is 18.1. The van der Waals surface area contributed by atoms with Gasteiger partial charge in [0, 0.05) is 43.3 Å². The standard InChI is InChI=1S/C48H27N5/c1-2-12-29(13-3-1)45-48(50-37-17-7-6-16-36(37)49-45)53-39-19-9-5-15-31(39)34-26-42-35(27-43(34)53)33-25-23-28-22-24-32-30-14-4-8-18-38(30)51-40-20-10-11-21-41(40)52(42)47(33)44(28)46(32)51/h1-27H. The third-order valence-corrected chi connectivity index (χ3v) is 11.5. The molecule has 0 fully saturated rings. The molecule has 0 amide bonds. The van der Waals surface area contributed by atoms with E-state index in [0.29, 0.717) is 0 Å². The van der Waals surface area contributed by atoms with Crippen LogP contribution in [0.1, 0.15) is 0 Å². The summed E-state index contributed by atoms with van der Waals surface area (Å²) < 4.78 is 7.36. The predicted octanol–water partition coefficient (Wildman–Crippen LogP) is 12.1. The second-order valence-corrected chi connectivity index (χ2v) is 14.2. The fourth-order valence-electron chi connectivity index (χ4n) is 9.33. The molecule has 5 nitrogen and oxygen atoms in total. The van der Waals surface area contributed by atoms with Crippen LogP contribution >= 0.6 is 0 Å². The maximum Gasteiger partial charge on any atom is 0.165 e. The van der Waals surface area contributed by atoms with Gasteiger partial charge in [0.2, 0.25) is 0 Å². The maximum absolute atomic E-state index is 5.38. The van der Waals surface area contributed by atoms with Crippen LogP contribution in [0, 0.1) is 0 Å². The molecule has 5 heteroatoms. The number of nitrogens with zero attached hydrogens (tertiary/aromatic N) is 5. The summed E-state index contributed by atoms with van der Waals surface area (Å²) in [6.45, 7) is 0. The monoisotopic (exact) mass is 673 g/mol. The second-order valence-electron chi connectivity index (χ2n) is 14.2. The number of rotatable bonds is 2. The normalized spacial score (nSPS) is 12.5. The Bertz CT molecular complexity index is 3680. The SMILES string of the molecule is c1ccc(-c2nc3ccccc3nc2-n2c3ccccc3c3cc4c(cc32)c2ccc3ccc5c6ccccc6n6c7ccccc7n4c2c3c56)cc1. The Balaban J connectivity index is 1.26. The Morgan fingerprint density at radius 3 is 1.62 bits per heavy atom. The van der Waals surface area contributed by atoms with Crippen LogP contribution in [0.4, 0.5) is 0 Å². The quantitative estimate of drug-likeness (QED) is 0.183. The van der Waals surface area contributed by atoms with Crippen LogP contribution in [-0.4, -0.2) is 23.3 Å². The third-order valence-electron chi connectivity index (χ3n) is 11.5. The van der Waals surface area contributed by atoms with Crippen molar-refractivity contribution in [2.75, 3.05) is 0 Å². The van der Waals surface area contributed by atoms with Crippen LogP contribution in [0.25, 0.3) is 115 Å². The molecule has 0 aliphatic rings. The lowest BCUT2D eigenvalue weighted by molar-refractivity contribution is 1.08. The van der Waals surface area contributed by atoms with Gasteiger partial charge >= 0.3 is 0 Å². The molecule has 244 valence electrons. The van der Waals surface area contributed by atoms with Gasteiger partial charge in [0.25, 0.3) is 0 Å². The van der Waals surface area contributed by atoms with Crippen molar-refractivity contribution in [2.45, 2.75) is 0 Å². The topological polar surface area (TPSA) is 39.5 Å². The minimum absolute atomic E-state index is 0.826. The van der Waals surface area contributed by atoms with Gasteiger partial charge in [0.05, 0.1) is 55.2 Å². The van der Waals surface area contributed by atoms with E-state index < -0.39 is 0 Å². The van der Waals surface area contributed by atoms with Crippen molar-refractivity contribution >= 4 is 98.3 Å². The molecule has 13 aromatic rings. The summed E-state index contributed by atoms with van der Waals surface area (Å²) >= 11 is 0. The van der Waals surface area contributed by atoms with Crippen LogP contribution in [0.5, 0.6) is 0 Å². The van der Waals surface area contributed by atoms with Crippen molar-refractivity contribution in [1.29, 1.82) is 0 Å². The lowest BCUT2D eigenvalue weighted by atomic mass is 10.0. The molecule has 8 aromatic carbocycles. The summed E-state index contributed by atoms with van der Waals surface area (Å²) in [6, 6.07) is 59.1. The van der Waals surface area contributed by atoms with E-state index in [2.05, 4.69) is 159 Å². The van der Waals surface area contributed by atoms with Crippen molar-refractivity contribution < 1.29 is 0 Å². The van der Waals surface area contributed by atoms with E-state index in [9.17, 15) is 0 Å². The summed E-state index contributed by atoms with van der Waals surface area (Å²) in [6.07, 6.45) is 0. The highest BCUT2D eigenvalue weighted by Gasteiger charge is 2.24. The molecule has 0 aliphatic heterocycles. The molecular formula is C48H27N5. The third kappa shape index (κ3) is 3.42. The van der Waals surface area contributed by atoms with Gasteiger partial charge in [-0.1, -0.05) is 115 Å². The first-order valence-corrected chi connectivity index (χ1v) is 18.1. The van der Waals surface area contributed by atoms with Crippen molar-refractivity contribution in [3.8, 4) is 17.1 Å². The Labute approximate surface area is 301 Å². The lowest BCUT2D eigenvalue weighted by Crippen LogP contribution is -2.03. The molecular weight excluding hydrogens is 647 g/mol. The van der Waals surface area contributed by atoms with E-state index in [1.54, 1.807) is 0 Å². The molecule has 0 bridgehead atoms. The number of hydrogen-bond donors (Lipinski definition) is 0. The van der Waals surface area contributed by atoms with Crippen LogP contribution in [0.3, 0.4) is 0 Å². The molecule has 53 heavy (non-hydrogen) atoms. The number of benzene rings is 8. The van der Waals surface area contributed by atoms with Gasteiger partial charge in [-0.15, -0.1) is 0 Å². The summed E-state index contributed by atoms with van der Waals surface area (Å²) in [4.78, 5) is 10.7. The van der Waals surface area contributed by atoms with Crippen LogP contribution in [0.15, 0.2) is 164 Å². The van der Waals surface area contributed by atoms with Crippen molar-refractivity contribution in [2.24, 2.45) is 0 Å². The van der Waals surface area contributed by atoms with Crippen LogP contribution in [-0.2, 0) is 0 Å². The lowest BCUT2D eigenvalue weighted by Gasteiger charge is -2.13. The minimum atomic E-state index is 0.826. The molecule has 0 spiro atoms. The average Bonchev–Trinajstić information content (AvgIpc) is 3.81. The number of para-hydroxylation sites is 6. The highest BCUT2D eigenvalue weighted by Crippen LogP contribution is 2.45. The molecule has 0 atom stereocenters. The number of hydrogen-bond acceptors (Lipinski definition) is 2. The van der Waals surface area contributed by atoms with Crippen molar-refractivity contribution in [3.63, 3.8) is 0 Å². The molecule has 0 radical (unpaired) electrons. The highest BCUT2D eigenvalue weighted by molar-refractivity contribution is 6.30. The molecule has 0 aliphatic carbocycles.